The van der Waals surface area contributed by atoms with E-state index in [-0.39, 0.29) is 0 Å². The number of nitrogens with zero attached hydrogens (tertiary/aromatic N) is 2. The summed E-state index contributed by atoms with van der Waals surface area (Å²) in [6, 6.07) is 1.65. The number of hydrogen-bond donors (Lipinski definition) is 1. The third kappa shape index (κ3) is 0.795. The number of aryl methyl sites for hydroxylation is 1. The minimum atomic E-state index is -0.428. The van der Waals surface area contributed by atoms with E-state index in [4.69, 9.17) is 10.2 Å². The Morgan fingerprint density at radius 2 is 2.42 bits per heavy atom. The van der Waals surface area contributed by atoms with Gasteiger partial charge in [0.15, 0.2) is 0 Å². The maximum absolute atomic E-state index is 11.0. The number of oxazole rings is 1. The second kappa shape index (κ2) is 2.10. The van der Waals surface area contributed by atoms with Crippen molar-refractivity contribution in [2.45, 2.75) is 0 Å². The lowest BCUT2D eigenvalue weighted by molar-refractivity contribution is 0.520. The summed E-state index contributed by atoms with van der Waals surface area (Å²) in [6.45, 7) is 0. The molecule has 0 aliphatic rings. The molecule has 0 fully saturated rings. The van der Waals surface area contributed by atoms with E-state index in [2.05, 4.69) is 4.98 Å². The van der Waals surface area contributed by atoms with Crippen LogP contribution in [0.3, 0.4) is 0 Å². The first-order valence-electron chi connectivity index (χ1n) is 3.39. The van der Waals surface area contributed by atoms with Gasteiger partial charge in [-0.25, -0.2) is 9.78 Å². The molecule has 5 nitrogen and oxygen atoms in total. The van der Waals surface area contributed by atoms with Gasteiger partial charge in [0.25, 0.3) is 0 Å². The molecule has 2 N–H and O–H groups in total. The molecule has 0 bridgehead atoms. The first-order valence-corrected chi connectivity index (χ1v) is 3.39. The van der Waals surface area contributed by atoms with Crippen molar-refractivity contribution in [3.63, 3.8) is 0 Å². The fourth-order valence-corrected chi connectivity index (χ4v) is 1.02. The molecule has 0 radical (unpaired) electrons. The Balaban J connectivity index is 2.98. The van der Waals surface area contributed by atoms with Crippen LogP contribution in [-0.4, -0.2) is 9.55 Å². The topological polar surface area (TPSA) is 74.0 Å². The summed E-state index contributed by atoms with van der Waals surface area (Å²) in [5.74, 6) is -0.428. The predicted molar refractivity (Wildman–Crippen MR) is 43.7 cm³/mol. The number of rotatable bonds is 0. The average Bonchev–Trinajstić information content (AvgIpc) is 2.31. The molecule has 12 heavy (non-hydrogen) atoms. The van der Waals surface area contributed by atoms with Gasteiger partial charge in [-0.15, -0.1) is 0 Å². The van der Waals surface area contributed by atoms with Crippen LogP contribution in [-0.2, 0) is 7.05 Å². The maximum atomic E-state index is 11.0. The normalized spacial score (nSPS) is 10.8. The van der Waals surface area contributed by atoms with Crippen molar-refractivity contribution >= 4 is 16.9 Å². The molecule has 0 aromatic carbocycles. The van der Waals surface area contributed by atoms with Crippen LogP contribution < -0.4 is 11.5 Å². The molecule has 2 rings (SSSR count). The second-order valence-corrected chi connectivity index (χ2v) is 2.52. The highest BCUT2D eigenvalue weighted by atomic mass is 16.4. The number of nitrogens with two attached hydrogens (primary N) is 1. The van der Waals surface area contributed by atoms with Gasteiger partial charge in [0.05, 0.1) is 11.9 Å². The minimum Gasteiger partial charge on any atom is -0.397 e. The van der Waals surface area contributed by atoms with Gasteiger partial charge >= 0.3 is 5.76 Å². The smallest absolute Gasteiger partial charge is 0.397 e. The molecule has 0 saturated heterocycles. The lowest BCUT2D eigenvalue weighted by Crippen LogP contribution is -2.08. The van der Waals surface area contributed by atoms with Crippen molar-refractivity contribution in [1.82, 2.24) is 9.55 Å². The molecule has 2 aromatic heterocycles. The van der Waals surface area contributed by atoms with E-state index in [0.29, 0.717) is 16.9 Å². The van der Waals surface area contributed by atoms with Crippen molar-refractivity contribution in [2.75, 3.05) is 5.73 Å². The number of hydrogen-bond acceptors (Lipinski definition) is 4. The first kappa shape index (κ1) is 6.90. The van der Waals surface area contributed by atoms with E-state index in [1.165, 1.54) is 10.8 Å². The fourth-order valence-electron chi connectivity index (χ4n) is 1.02. The zero-order valence-electron chi connectivity index (χ0n) is 6.44. The molecule has 0 saturated carbocycles. The number of aromatic nitrogens is 2. The molecule has 62 valence electrons. The quantitative estimate of drug-likeness (QED) is 0.601. The van der Waals surface area contributed by atoms with Gasteiger partial charge in [0.1, 0.15) is 5.52 Å². The summed E-state index contributed by atoms with van der Waals surface area (Å²) < 4.78 is 6.15. The summed E-state index contributed by atoms with van der Waals surface area (Å²) in [5.41, 5.74) is 6.92. The summed E-state index contributed by atoms with van der Waals surface area (Å²) in [4.78, 5) is 14.8. The Hall–Kier alpha value is -1.78. The molecule has 0 spiro atoms. The largest absolute Gasteiger partial charge is 0.421 e. The third-order valence-corrected chi connectivity index (χ3v) is 1.67. The fraction of sp³-hybridized carbons (Fsp3) is 0.143. The van der Waals surface area contributed by atoms with Gasteiger partial charge in [-0.05, 0) is 6.07 Å². The number of pyridine rings is 1. The highest BCUT2D eigenvalue weighted by Gasteiger charge is 2.05. The molecule has 2 aromatic rings. The van der Waals surface area contributed by atoms with Crippen LogP contribution in [0.5, 0.6) is 0 Å². The van der Waals surface area contributed by atoms with Crippen LogP contribution in [0.15, 0.2) is 21.5 Å². The number of fused-ring (bicyclic) bond motifs is 1. The average molecular weight is 165 g/mol. The zero-order valence-corrected chi connectivity index (χ0v) is 6.44. The van der Waals surface area contributed by atoms with Gasteiger partial charge in [0, 0.05) is 7.05 Å². The molecule has 2 heterocycles. The Morgan fingerprint density at radius 1 is 1.67 bits per heavy atom. The number of anilines is 1. The molecular formula is C7H7N3O2. The summed E-state index contributed by atoms with van der Waals surface area (Å²) >= 11 is 0. The molecule has 0 unspecified atom stereocenters. The van der Waals surface area contributed by atoms with Crippen LogP contribution in [0.25, 0.3) is 11.2 Å². The molecule has 0 amide bonds. The van der Waals surface area contributed by atoms with Crippen LogP contribution in [0.1, 0.15) is 0 Å². The lowest BCUT2D eigenvalue weighted by Gasteiger charge is -1.91. The Bertz CT molecular complexity index is 483. The van der Waals surface area contributed by atoms with Crippen molar-refractivity contribution in [2.24, 2.45) is 7.05 Å². The maximum Gasteiger partial charge on any atom is 0.421 e. The van der Waals surface area contributed by atoms with E-state index < -0.39 is 5.76 Å². The first-order chi connectivity index (χ1) is 5.68. The van der Waals surface area contributed by atoms with E-state index in [9.17, 15) is 4.79 Å². The minimum absolute atomic E-state index is 0.316. The second-order valence-electron chi connectivity index (χ2n) is 2.52. The van der Waals surface area contributed by atoms with Crippen LogP contribution in [0, 0.1) is 0 Å². The Morgan fingerprint density at radius 3 is 3.17 bits per heavy atom. The molecule has 0 aliphatic heterocycles. The summed E-state index contributed by atoms with van der Waals surface area (Å²) in [5, 5.41) is 0. The van der Waals surface area contributed by atoms with Crippen LogP contribution >= 0.6 is 0 Å². The van der Waals surface area contributed by atoms with Gasteiger partial charge in [-0.2, -0.15) is 0 Å². The monoisotopic (exact) mass is 165 g/mol. The highest BCUT2D eigenvalue weighted by molar-refractivity contribution is 5.72. The van der Waals surface area contributed by atoms with Gasteiger partial charge in [0.2, 0.25) is 5.71 Å². The Kier molecular flexibility index (Phi) is 1.21. The summed E-state index contributed by atoms with van der Waals surface area (Å²) in [7, 11) is 1.61. The van der Waals surface area contributed by atoms with E-state index in [1.54, 1.807) is 13.1 Å². The Labute approximate surface area is 67.4 Å². The van der Waals surface area contributed by atoms with Crippen molar-refractivity contribution < 1.29 is 4.42 Å². The molecule has 5 heteroatoms. The molecule has 0 atom stereocenters. The van der Waals surface area contributed by atoms with Crippen molar-refractivity contribution in [1.29, 1.82) is 0 Å². The van der Waals surface area contributed by atoms with Crippen LogP contribution in [0.4, 0.5) is 5.69 Å². The lowest BCUT2D eigenvalue weighted by atomic mass is 10.4. The van der Waals surface area contributed by atoms with E-state index in [1.807, 2.05) is 0 Å². The SMILES string of the molecule is Cn1c(=O)oc2ncc(N)cc21. The van der Waals surface area contributed by atoms with Crippen molar-refractivity contribution in [3.8, 4) is 0 Å². The number of nitrogen functional groups attached to an aromatic ring is 1. The molecule has 0 aliphatic carbocycles. The van der Waals surface area contributed by atoms with E-state index in [0.717, 1.165) is 0 Å². The van der Waals surface area contributed by atoms with Gasteiger partial charge < -0.3 is 10.2 Å². The zero-order chi connectivity index (χ0) is 8.72. The van der Waals surface area contributed by atoms with E-state index >= 15 is 0 Å². The predicted octanol–water partition coefficient (Wildman–Crippen LogP) is 0.109. The van der Waals surface area contributed by atoms with Crippen molar-refractivity contribution in [3.05, 3.63) is 22.8 Å². The third-order valence-electron chi connectivity index (χ3n) is 1.67. The highest BCUT2D eigenvalue weighted by Crippen LogP contribution is 2.11. The van der Waals surface area contributed by atoms with Gasteiger partial charge in [-0.3, -0.25) is 4.57 Å². The standard InChI is InChI=1S/C7H7N3O2/c1-10-5-2-4(8)3-9-6(5)12-7(10)11/h2-3H,8H2,1H3. The van der Waals surface area contributed by atoms with Gasteiger partial charge in [-0.1, -0.05) is 0 Å². The molecular weight excluding hydrogens is 158 g/mol. The summed E-state index contributed by atoms with van der Waals surface area (Å²) in [6.07, 6.45) is 1.45. The van der Waals surface area contributed by atoms with Crippen LogP contribution in [0.2, 0.25) is 0 Å².